The Bertz CT molecular complexity index is 321. The van der Waals surface area contributed by atoms with Crippen LogP contribution in [0.1, 0.15) is 0 Å². The van der Waals surface area contributed by atoms with E-state index in [0.29, 0.717) is 63.6 Å². The van der Waals surface area contributed by atoms with Crippen molar-refractivity contribution in [1.82, 2.24) is 0 Å². The van der Waals surface area contributed by atoms with Crippen molar-refractivity contribution in [3.05, 3.63) is 75.9 Å². The monoisotopic (exact) mass is 812 g/mol. The van der Waals surface area contributed by atoms with Crippen LogP contribution in [0.15, 0.2) is 75.9 Å². The predicted molar refractivity (Wildman–Crippen MR) is 96.8 cm³/mol. The van der Waals surface area contributed by atoms with E-state index in [1.165, 1.54) is 26.6 Å². The number of hydrogen-bond donors (Lipinski definition) is 0. The van der Waals surface area contributed by atoms with Crippen LogP contribution in [0.25, 0.3) is 0 Å². The Morgan fingerprint density at radius 2 is 0.654 bits per heavy atom. The Balaban J connectivity index is -0.000000125. The van der Waals surface area contributed by atoms with Crippen molar-refractivity contribution in [2.75, 3.05) is 26.6 Å². The van der Waals surface area contributed by atoms with Gasteiger partial charge in [-0.1, -0.05) is 39.5 Å². The number of hydrogen-bond acceptors (Lipinski definition) is 4. The van der Waals surface area contributed by atoms with Crippen LogP contribution in [0.5, 0.6) is 0 Å². The van der Waals surface area contributed by atoms with Gasteiger partial charge in [0.25, 0.3) is 63.6 Å². The van der Waals surface area contributed by atoms with E-state index >= 15 is 0 Å². The van der Waals surface area contributed by atoms with E-state index in [2.05, 4.69) is 39.5 Å². The van der Waals surface area contributed by atoms with Gasteiger partial charge in [0, 0.05) is 0 Å². The predicted octanol–water partition coefficient (Wildman–Crippen LogP) is -8.72. The zero-order valence-corrected chi connectivity index (χ0v) is 24.2. The van der Waals surface area contributed by atoms with Crippen LogP contribution in [-0.4, -0.2) is 46.6 Å². The first-order valence-corrected chi connectivity index (χ1v) is 20.6. The summed E-state index contributed by atoms with van der Waals surface area (Å²) in [7, 11) is 0. The van der Waals surface area contributed by atoms with Gasteiger partial charge in [-0.15, -0.1) is 0 Å². The van der Waals surface area contributed by atoms with Crippen LogP contribution in [0.2, 0.25) is 0 Å². The summed E-state index contributed by atoms with van der Waals surface area (Å²) in [5.74, 6) is 0. The molecule has 0 radical (unpaired) electrons. The Morgan fingerprint density at radius 1 is 0.538 bits per heavy atom. The van der Waals surface area contributed by atoms with Gasteiger partial charge in [0.1, 0.15) is 0 Å². The van der Waals surface area contributed by atoms with Crippen LogP contribution in [0.4, 0.5) is 0 Å². The second-order valence-corrected chi connectivity index (χ2v) is 14.7. The third kappa shape index (κ3) is 84.9. The van der Waals surface area contributed by atoms with Crippen molar-refractivity contribution in [2.45, 2.75) is 0 Å². The van der Waals surface area contributed by atoms with Gasteiger partial charge >= 0.3 is 33.2 Å². The van der Waals surface area contributed by atoms with Crippen LogP contribution >= 0.6 is 0 Å². The number of halogens is 3. The van der Waals surface area contributed by atoms with Gasteiger partial charge in [-0.05, 0) is 36.5 Å². The standard InChI is InChI=1S/3C6H10I.4O.Sb/c3*1-3-5-7-6-4-2;;;;;/h3*3-4H,1-2,5-6H2;;;;;/q3*+1;;3*-1;. The Morgan fingerprint density at radius 3 is 0.731 bits per heavy atom. The van der Waals surface area contributed by atoms with Gasteiger partial charge in [-0.2, -0.15) is 0 Å². The molecule has 0 saturated heterocycles. The Hall–Kier alpha value is 1.13. The summed E-state index contributed by atoms with van der Waals surface area (Å²) >= 11 is -4.93. The fourth-order valence-corrected chi connectivity index (χ4v) is 4.37. The summed E-state index contributed by atoms with van der Waals surface area (Å²) in [5, 5.41) is 0. The van der Waals surface area contributed by atoms with Gasteiger partial charge in [0.2, 0.25) is 0 Å². The maximum absolute atomic E-state index is 8.64. The zero-order chi connectivity index (χ0) is 21.1. The van der Waals surface area contributed by atoms with E-state index < -0.39 is 20.1 Å². The molecule has 0 saturated carbocycles. The summed E-state index contributed by atoms with van der Waals surface area (Å²) in [6.07, 6.45) is 11.9. The molecule has 0 aromatic heterocycles. The quantitative estimate of drug-likeness (QED) is 0.0646. The fraction of sp³-hybridized carbons (Fsp3) is 0.333. The molecule has 0 N–H and O–H groups in total. The fourth-order valence-electron chi connectivity index (χ4n) is 0.652. The summed E-state index contributed by atoms with van der Waals surface area (Å²) in [6.45, 7) is 21.8. The molecule has 0 aliphatic carbocycles. The molecule has 0 rings (SSSR count). The van der Waals surface area contributed by atoms with E-state index in [9.17, 15) is 0 Å². The SMILES string of the molecule is C=CC[I+]CC=C.C=CC[I+]CC=C.C=CC[I+]CC=C.[O]=[Sb]([O-])([O-])[O-]. The first-order chi connectivity index (χ1) is 12.2. The maximum atomic E-state index is 8.64. The van der Waals surface area contributed by atoms with Gasteiger partial charge in [-0.3, -0.25) is 0 Å². The minimum absolute atomic E-state index is 0.389. The molecule has 0 spiro atoms. The average molecular weight is 813 g/mol. The van der Waals surface area contributed by atoms with E-state index in [-0.39, 0.29) is 0 Å². The molecule has 0 fully saturated rings. The molecule has 0 amide bonds. The summed E-state index contributed by atoms with van der Waals surface area (Å²) in [6, 6.07) is 0. The van der Waals surface area contributed by atoms with Crippen molar-refractivity contribution < 1.29 is 76.8 Å². The van der Waals surface area contributed by atoms with Gasteiger partial charge in [0.05, 0.1) is 0 Å². The van der Waals surface area contributed by atoms with Crippen molar-refractivity contribution in [3.8, 4) is 0 Å². The zero-order valence-electron chi connectivity index (χ0n) is 15.2. The van der Waals surface area contributed by atoms with Crippen molar-refractivity contribution >= 4 is 20.1 Å². The molecular formula is C18H30I3O4Sb. The molecule has 0 aromatic carbocycles. The second-order valence-electron chi connectivity index (χ2n) is 3.67. The molecule has 0 aromatic rings. The molecule has 152 valence electrons. The molecule has 0 aliphatic heterocycles. The molecule has 8 heteroatoms. The van der Waals surface area contributed by atoms with Crippen LogP contribution < -0.4 is 73.8 Å². The van der Waals surface area contributed by atoms with Crippen molar-refractivity contribution in [2.24, 2.45) is 0 Å². The average Bonchev–Trinajstić information content (AvgIpc) is 2.56. The number of rotatable bonds is 12. The first kappa shape index (κ1) is 34.6. The molecule has 4 nitrogen and oxygen atoms in total. The molecule has 26 heavy (non-hydrogen) atoms. The van der Waals surface area contributed by atoms with Crippen LogP contribution in [-0.2, 0) is 3.02 Å². The molecule has 0 heterocycles. The third-order valence-electron chi connectivity index (χ3n) is 1.31. The van der Waals surface area contributed by atoms with Crippen molar-refractivity contribution in [3.63, 3.8) is 0 Å². The summed E-state index contributed by atoms with van der Waals surface area (Å²) < 4.78 is 41.9. The summed E-state index contributed by atoms with van der Waals surface area (Å²) in [5.41, 5.74) is 0. The first-order valence-electron chi connectivity index (χ1n) is 7.23. The number of alkyl halides is 6. The van der Waals surface area contributed by atoms with Crippen molar-refractivity contribution in [1.29, 1.82) is 0 Å². The minimum atomic E-state index is -6.10. The normalized spacial score (nSPS) is 8.73. The third-order valence-corrected chi connectivity index (χ3v) is 8.78. The Labute approximate surface area is 196 Å². The topological polar surface area (TPSA) is 86.2 Å². The second kappa shape index (κ2) is 33.7. The Kier molecular flexibility index (Phi) is 44.9. The van der Waals surface area contributed by atoms with Gasteiger partial charge in [0.15, 0.2) is 26.6 Å². The van der Waals surface area contributed by atoms with E-state index in [0.717, 1.165) is 0 Å². The van der Waals surface area contributed by atoms with E-state index in [1.807, 2.05) is 36.5 Å². The van der Waals surface area contributed by atoms with Crippen LogP contribution in [0, 0.1) is 0 Å². The number of allylic oxidation sites excluding steroid dienone is 6. The van der Waals surface area contributed by atoms with Gasteiger partial charge in [-0.25, -0.2) is 0 Å². The molecular weight excluding hydrogens is 783 g/mol. The molecule has 0 atom stereocenters. The summed E-state index contributed by atoms with van der Waals surface area (Å²) in [4.78, 5) is 0. The van der Waals surface area contributed by atoms with E-state index in [4.69, 9.17) is 13.2 Å². The molecule has 0 unspecified atom stereocenters. The molecule has 0 bridgehead atoms. The van der Waals surface area contributed by atoms with E-state index in [1.54, 1.807) is 0 Å². The van der Waals surface area contributed by atoms with Gasteiger partial charge < -0.3 is 0 Å². The molecule has 0 aliphatic rings. The van der Waals surface area contributed by atoms with Crippen LogP contribution in [0.3, 0.4) is 0 Å².